The smallest absolute Gasteiger partial charge is 0.315 e. The van der Waals surface area contributed by atoms with E-state index in [2.05, 4.69) is 15.7 Å². The Balaban J connectivity index is 2.08. The second kappa shape index (κ2) is 8.99. The highest BCUT2D eigenvalue weighted by Crippen LogP contribution is 2.09. The van der Waals surface area contributed by atoms with Gasteiger partial charge in [-0.05, 0) is 25.8 Å². The molecule has 0 radical (unpaired) electrons. The molecule has 0 aliphatic carbocycles. The highest BCUT2D eigenvalue weighted by molar-refractivity contribution is 5.74. The maximum Gasteiger partial charge on any atom is 0.315 e. The molecule has 0 aromatic carbocycles. The maximum atomic E-state index is 11.6. The number of aromatic nitrogens is 2. The number of amides is 2. The van der Waals surface area contributed by atoms with Gasteiger partial charge in [0.1, 0.15) is 0 Å². The Morgan fingerprint density at radius 1 is 1.33 bits per heavy atom. The van der Waals surface area contributed by atoms with Crippen molar-refractivity contribution in [1.29, 1.82) is 0 Å². The van der Waals surface area contributed by atoms with Crippen molar-refractivity contribution < 1.29 is 14.7 Å². The molecule has 1 heterocycles. The third kappa shape index (κ3) is 7.34. The summed E-state index contributed by atoms with van der Waals surface area (Å²) >= 11 is 0. The Morgan fingerprint density at radius 3 is 2.71 bits per heavy atom. The summed E-state index contributed by atoms with van der Waals surface area (Å²) in [6.07, 6.45) is 5.71. The first-order valence-corrected chi connectivity index (χ1v) is 7.23. The predicted molar refractivity (Wildman–Crippen MR) is 78.9 cm³/mol. The molecule has 3 N–H and O–H groups in total. The molecule has 0 aliphatic rings. The van der Waals surface area contributed by atoms with E-state index < -0.39 is 5.97 Å². The van der Waals surface area contributed by atoms with Crippen LogP contribution in [0.5, 0.6) is 0 Å². The van der Waals surface area contributed by atoms with Crippen LogP contribution in [0.3, 0.4) is 0 Å². The van der Waals surface area contributed by atoms with Crippen LogP contribution in [-0.4, -0.2) is 39.5 Å². The molecule has 1 aromatic heterocycles. The fraction of sp³-hybridized carbons (Fsp3) is 0.643. The molecule has 1 rings (SSSR count). The quantitative estimate of drug-likeness (QED) is 0.643. The van der Waals surface area contributed by atoms with Gasteiger partial charge in [0.25, 0.3) is 0 Å². The molecule has 118 valence electrons. The second-order valence-electron chi connectivity index (χ2n) is 5.24. The molecule has 2 unspecified atom stereocenters. The predicted octanol–water partition coefficient (Wildman–Crippen LogP) is 1.46. The third-order valence-electron chi connectivity index (χ3n) is 3.26. The van der Waals surface area contributed by atoms with Gasteiger partial charge in [0, 0.05) is 25.0 Å². The molecule has 2 atom stereocenters. The molecule has 0 bridgehead atoms. The van der Waals surface area contributed by atoms with E-state index in [9.17, 15) is 9.59 Å². The fourth-order valence-corrected chi connectivity index (χ4v) is 1.92. The van der Waals surface area contributed by atoms with Gasteiger partial charge in [-0.2, -0.15) is 5.10 Å². The van der Waals surface area contributed by atoms with E-state index >= 15 is 0 Å². The first kappa shape index (κ1) is 17.0. The number of nitrogens with one attached hydrogen (secondary N) is 2. The van der Waals surface area contributed by atoms with Gasteiger partial charge in [-0.15, -0.1) is 0 Å². The number of hydrogen-bond donors (Lipinski definition) is 3. The van der Waals surface area contributed by atoms with Gasteiger partial charge in [0.2, 0.25) is 0 Å². The number of carboxylic acids is 1. The van der Waals surface area contributed by atoms with E-state index in [-0.39, 0.29) is 18.0 Å². The lowest BCUT2D eigenvalue weighted by atomic mass is 10.0. The summed E-state index contributed by atoms with van der Waals surface area (Å²) in [6, 6.07) is 1.65. The summed E-state index contributed by atoms with van der Waals surface area (Å²) in [6.45, 7) is 4.75. The Kier molecular flexibility index (Phi) is 7.28. The van der Waals surface area contributed by atoms with Crippen LogP contribution in [0, 0.1) is 5.92 Å². The zero-order valence-corrected chi connectivity index (χ0v) is 12.6. The maximum absolute atomic E-state index is 11.6. The third-order valence-corrected chi connectivity index (χ3v) is 3.26. The van der Waals surface area contributed by atoms with Gasteiger partial charge in [0.15, 0.2) is 0 Å². The van der Waals surface area contributed by atoms with Crippen molar-refractivity contribution in [3.05, 3.63) is 18.5 Å². The number of carbonyl (C=O) groups excluding carboxylic acids is 1. The monoisotopic (exact) mass is 296 g/mol. The lowest BCUT2D eigenvalue weighted by Crippen LogP contribution is -2.41. The molecule has 7 nitrogen and oxygen atoms in total. The molecule has 7 heteroatoms. The summed E-state index contributed by atoms with van der Waals surface area (Å²) in [7, 11) is 0. The zero-order valence-electron chi connectivity index (χ0n) is 12.6. The van der Waals surface area contributed by atoms with Crippen molar-refractivity contribution in [3.8, 4) is 0 Å². The highest BCUT2D eigenvalue weighted by atomic mass is 16.4. The van der Waals surface area contributed by atoms with Crippen LogP contribution in [0.2, 0.25) is 0 Å². The van der Waals surface area contributed by atoms with E-state index in [0.29, 0.717) is 19.5 Å². The molecule has 1 aromatic rings. The minimum Gasteiger partial charge on any atom is -0.481 e. The van der Waals surface area contributed by atoms with Crippen LogP contribution in [-0.2, 0) is 11.3 Å². The Labute approximate surface area is 124 Å². The molecule has 0 saturated carbocycles. The number of carbonyl (C=O) groups is 2. The van der Waals surface area contributed by atoms with E-state index in [1.807, 2.05) is 19.2 Å². The van der Waals surface area contributed by atoms with Gasteiger partial charge in [0.05, 0.1) is 12.5 Å². The van der Waals surface area contributed by atoms with Crippen molar-refractivity contribution in [3.63, 3.8) is 0 Å². The molecule has 0 fully saturated rings. The number of nitrogens with zero attached hydrogens (tertiary/aromatic N) is 2. The average Bonchev–Trinajstić information content (AvgIpc) is 2.91. The molecule has 21 heavy (non-hydrogen) atoms. The summed E-state index contributed by atoms with van der Waals surface area (Å²) < 4.78 is 1.75. The lowest BCUT2D eigenvalue weighted by molar-refractivity contribution is -0.141. The number of hydrogen-bond acceptors (Lipinski definition) is 3. The van der Waals surface area contributed by atoms with Gasteiger partial charge in [-0.3, -0.25) is 9.48 Å². The van der Waals surface area contributed by atoms with Crippen molar-refractivity contribution in [1.82, 2.24) is 20.4 Å². The van der Waals surface area contributed by atoms with Gasteiger partial charge < -0.3 is 15.7 Å². The van der Waals surface area contributed by atoms with Crippen molar-refractivity contribution >= 4 is 12.0 Å². The number of urea groups is 1. The molecule has 2 amide bonds. The molecular formula is C14H24N4O3. The highest BCUT2D eigenvalue weighted by Gasteiger charge is 2.12. The average molecular weight is 296 g/mol. The zero-order chi connectivity index (χ0) is 15.7. The van der Waals surface area contributed by atoms with E-state index in [1.54, 1.807) is 17.8 Å². The van der Waals surface area contributed by atoms with Crippen molar-refractivity contribution in [2.75, 3.05) is 6.54 Å². The van der Waals surface area contributed by atoms with Crippen molar-refractivity contribution in [2.45, 2.75) is 45.7 Å². The van der Waals surface area contributed by atoms with Crippen LogP contribution >= 0.6 is 0 Å². The summed E-state index contributed by atoms with van der Waals surface area (Å²) in [5, 5.41) is 18.4. The lowest BCUT2D eigenvalue weighted by Gasteiger charge is -2.15. The van der Waals surface area contributed by atoms with Crippen LogP contribution in [0.15, 0.2) is 18.5 Å². The van der Waals surface area contributed by atoms with Crippen molar-refractivity contribution in [2.24, 2.45) is 5.92 Å². The Bertz CT molecular complexity index is 433. The topological polar surface area (TPSA) is 96.3 Å². The first-order valence-electron chi connectivity index (χ1n) is 7.23. The first-order chi connectivity index (χ1) is 9.99. The summed E-state index contributed by atoms with van der Waals surface area (Å²) in [5.41, 5.74) is 0. The fourth-order valence-electron chi connectivity index (χ4n) is 1.92. The van der Waals surface area contributed by atoms with Crippen LogP contribution < -0.4 is 10.6 Å². The van der Waals surface area contributed by atoms with Crippen LogP contribution in [0.1, 0.15) is 33.1 Å². The van der Waals surface area contributed by atoms with Gasteiger partial charge in [-0.1, -0.05) is 13.3 Å². The Hall–Kier alpha value is -2.05. The van der Waals surface area contributed by atoms with E-state index in [1.165, 1.54) is 0 Å². The van der Waals surface area contributed by atoms with E-state index in [4.69, 9.17) is 5.11 Å². The minimum atomic E-state index is -0.771. The second-order valence-corrected chi connectivity index (χ2v) is 5.24. The largest absolute Gasteiger partial charge is 0.481 e. The van der Waals surface area contributed by atoms with Crippen LogP contribution in [0.4, 0.5) is 4.79 Å². The van der Waals surface area contributed by atoms with Gasteiger partial charge in [-0.25, -0.2) is 4.79 Å². The Morgan fingerprint density at radius 2 is 2.10 bits per heavy atom. The molecular weight excluding hydrogens is 272 g/mol. The summed E-state index contributed by atoms with van der Waals surface area (Å²) in [5.74, 6) is -1.10. The van der Waals surface area contributed by atoms with Gasteiger partial charge >= 0.3 is 12.0 Å². The summed E-state index contributed by atoms with van der Waals surface area (Å²) in [4.78, 5) is 22.3. The van der Waals surface area contributed by atoms with E-state index in [0.717, 1.165) is 12.8 Å². The standard InChI is InChI=1S/C14H24N4O3/c1-11(13(19)20)5-3-6-12(2)17-14(21)15-8-10-18-9-4-7-16-18/h4,7,9,11-12H,3,5-6,8,10H2,1-2H3,(H,19,20)(H2,15,17,21). The molecule has 0 spiro atoms. The SMILES string of the molecule is CC(CCCC(C)C(=O)O)NC(=O)NCCn1cccn1. The minimum absolute atomic E-state index is 0.0238. The molecule has 0 saturated heterocycles. The van der Waals surface area contributed by atoms with Crippen LogP contribution in [0.25, 0.3) is 0 Å². The molecule has 0 aliphatic heterocycles. The normalized spacial score (nSPS) is 13.4. The number of rotatable bonds is 9. The number of aliphatic carboxylic acids is 1. The number of carboxylic acid groups (broad SMARTS) is 1.